The Labute approximate surface area is 337 Å². The molecule has 294 valence electrons. The molecule has 6 heterocycles. The Morgan fingerprint density at radius 1 is 0.621 bits per heavy atom. The molecule has 4 atom stereocenters. The highest BCUT2D eigenvalue weighted by Crippen LogP contribution is 2.40. The van der Waals surface area contributed by atoms with Gasteiger partial charge >= 0.3 is 0 Å². The van der Waals surface area contributed by atoms with Gasteiger partial charge in [-0.15, -0.1) is 0 Å². The Balaban J connectivity index is 0.763. The molecule has 3 aliphatic heterocycles. The van der Waals surface area contributed by atoms with Crippen LogP contribution in [0.3, 0.4) is 0 Å². The van der Waals surface area contributed by atoms with E-state index in [-0.39, 0.29) is 36.0 Å². The summed E-state index contributed by atoms with van der Waals surface area (Å²) in [7, 11) is 0. The number of hydrogen-bond donors (Lipinski definition) is 3. The highest BCUT2D eigenvalue weighted by atomic mass is 16.2. The van der Waals surface area contributed by atoms with Crippen LogP contribution in [-0.4, -0.2) is 88.4 Å². The summed E-state index contributed by atoms with van der Waals surface area (Å²) in [6, 6.07) is 20.0. The number of carbonyl (C=O) groups excluding carboxylic acids is 2. The Hall–Kier alpha value is -6.24. The number of H-pyrrole nitrogens is 1. The van der Waals surface area contributed by atoms with Crippen molar-refractivity contribution in [2.24, 2.45) is 16.8 Å². The van der Waals surface area contributed by atoms with Crippen LogP contribution in [0.25, 0.3) is 28.0 Å². The largest absolute Gasteiger partial charge is 0.342 e. The van der Waals surface area contributed by atoms with Crippen molar-refractivity contribution in [3.63, 3.8) is 0 Å². The van der Waals surface area contributed by atoms with Gasteiger partial charge in [-0.1, -0.05) is 48.5 Å². The molecule has 2 aliphatic carbocycles. The summed E-state index contributed by atoms with van der Waals surface area (Å²) in [6.07, 6.45) is 19.3. The van der Waals surface area contributed by atoms with Gasteiger partial charge in [0.15, 0.2) is 0 Å². The Morgan fingerprint density at radius 2 is 1.12 bits per heavy atom. The van der Waals surface area contributed by atoms with E-state index >= 15 is 0 Å². The summed E-state index contributed by atoms with van der Waals surface area (Å²) >= 11 is 0. The topological polar surface area (TPSA) is 157 Å². The minimum Gasteiger partial charge on any atom is -0.342 e. The second kappa shape index (κ2) is 15.6. The van der Waals surface area contributed by atoms with E-state index in [4.69, 9.17) is 9.98 Å². The number of aromatic nitrogens is 6. The Kier molecular flexibility index (Phi) is 9.72. The van der Waals surface area contributed by atoms with Gasteiger partial charge in [-0.3, -0.25) is 14.6 Å². The van der Waals surface area contributed by atoms with E-state index in [1.807, 2.05) is 22.2 Å². The van der Waals surface area contributed by atoms with E-state index in [2.05, 4.69) is 84.1 Å². The number of hydrogen-bond acceptors (Lipinski definition) is 10. The van der Waals surface area contributed by atoms with Gasteiger partial charge in [0.25, 0.3) is 0 Å². The number of allylic oxidation sites excluding steroid dienone is 1. The summed E-state index contributed by atoms with van der Waals surface area (Å²) < 4.78 is 0. The molecule has 0 radical (unpaired) electrons. The zero-order valence-electron chi connectivity index (χ0n) is 32.4. The zero-order valence-corrected chi connectivity index (χ0v) is 32.4. The molecule has 2 saturated heterocycles. The first-order valence-corrected chi connectivity index (χ1v) is 20.8. The molecule has 0 unspecified atom stereocenters. The quantitative estimate of drug-likeness (QED) is 0.115. The molecule has 2 amide bonds. The molecule has 5 aromatic rings. The summed E-state index contributed by atoms with van der Waals surface area (Å²) in [4.78, 5) is 62.3. The standard InChI is InChI=1S/C45H47N11O2/c57-42(39(32-15-16-32)53-44-46-19-3-20-47-44)55-23-1-5-37(55)35-25-34(26-50-35)30-9-7-28(8-10-30)29-11-13-31(14-12-29)36-27-51-41(52-36)38-6-2-24-56(38)43(58)40(33-17-18-33)54-45-48-21-4-22-49-45/h3-4,7-14,19-22,26-27,32-33,37-40H,1-2,5-6,15-18,23-25H2,(H,51,52)(H,46,47,53)(H,48,49,54)/t37-,38-,39-,40-/m0/s1. The third-order valence-corrected chi connectivity index (χ3v) is 12.3. The maximum atomic E-state index is 13.9. The van der Waals surface area contributed by atoms with Crippen molar-refractivity contribution in [3.05, 3.63) is 109 Å². The molecule has 3 aromatic heterocycles. The molecule has 0 bridgehead atoms. The van der Waals surface area contributed by atoms with Crippen molar-refractivity contribution in [2.45, 2.75) is 82.0 Å². The first kappa shape index (κ1) is 36.1. The van der Waals surface area contributed by atoms with Gasteiger partial charge in [-0.2, -0.15) is 0 Å². The van der Waals surface area contributed by atoms with Crippen LogP contribution in [-0.2, 0) is 9.59 Å². The second-order valence-electron chi connectivity index (χ2n) is 16.2. The molecule has 13 heteroatoms. The molecule has 3 N–H and O–H groups in total. The number of carbonyl (C=O) groups is 2. The van der Waals surface area contributed by atoms with Crippen LogP contribution >= 0.6 is 0 Å². The van der Waals surface area contributed by atoms with E-state index in [9.17, 15) is 9.59 Å². The van der Waals surface area contributed by atoms with Crippen molar-refractivity contribution in [1.82, 2.24) is 39.7 Å². The predicted octanol–water partition coefficient (Wildman–Crippen LogP) is 6.95. The van der Waals surface area contributed by atoms with Crippen molar-refractivity contribution >= 4 is 35.0 Å². The predicted molar refractivity (Wildman–Crippen MR) is 222 cm³/mol. The number of aliphatic imine (C=N–C) groups is 1. The molecular weight excluding hydrogens is 727 g/mol. The number of nitrogens with one attached hydrogen (secondary N) is 3. The second-order valence-corrected chi connectivity index (χ2v) is 16.2. The van der Waals surface area contributed by atoms with Crippen molar-refractivity contribution < 1.29 is 9.59 Å². The van der Waals surface area contributed by atoms with Crippen molar-refractivity contribution in [2.75, 3.05) is 23.7 Å². The molecule has 2 saturated carbocycles. The van der Waals surface area contributed by atoms with Crippen LogP contribution in [0.4, 0.5) is 11.9 Å². The van der Waals surface area contributed by atoms with Crippen LogP contribution in [0.1, 0.15) is 75.2 Å². The van der Waals surface area contributed by atoms with Gasteiger partial charge < -0.3 is 25.4 Å². The van der Waals surface area contributed by atoms with Crippen LogP contribution in [0.15, 0.2) is 103 Å². The fourth-order valence-electron chi connectivity index (χ4n) is 8.90. The first-order valence-electron chi connectivity index (χ1n) is 20.8. The number of benzene rings is 2. The van der Waals surface area contributed by atoms with Crippen LogP contribution in [0.5, 0.6) is 0 Å². The third kappa shape index (κ3) is 7.48. The molecule has 0 spiro atoms. The van der Waals surface area contributed by atoms with Gasteiger partial charge in [0.05, 0.1) is 24.0 Å². The minimum absolute atomic E-state index is 0.0155. The van der Waals surface area contributed by atoms with Crippen molar-refractivity contribution in [1.29, 1.82) is 0 Å². The maximum Gasteiger partial charge on any atom is 0.246 e. The number of anilines is 2. The molecule has 58 heavy (non-hydrogen) atoms. The highest BCUT2D eigenvalue weighted by molar-refractivity contribution is 6.04. The number of rotatable bonds is 13. The normalized spacial score (nSPS) is 21.4. The molecule has 5 aliphatic rings. The first-order chi connectivity index (χ1) is 28.6. The van der Waals surface area contributed by atoms with E-state index < -0.39 is 0 Å². The average molecular weight is 774 g/mol. The third-order valence-electron chi connectivity index (χ3n) is 12.3. The monoisotopic (exact) mass is 773 g/mol. The molecule has 4 fully saturated rings. The maximum absolute atomic E-state index is 13.9. The van der Waals surface area contributed by atoms with Gasteiger partial charge in [0.1, 0.15) is 17.9 Å². The SMILES string of the molecule is O=C([C@@H](Nc1ncccn1)C1CC1)N1CCC[C@H]1C1=NC=C(c2ccc(-c3ccc(-c4cnc([C@@H]5CCCN5C(=O)[C@@H](Nc5ncccn5)C5CC5)[nH]4)cc3)cc2)C1. The van der Waals surface area contributed by atoms with Crippen molar-refractivity contribution in [3.8, 4) is 22.4 Å². The lowest BCUT2D eigenvalue weighted by Gasteiger charge is -2.29. The number of amides is 2. The summed E-state index contributed by atoms with van der Waals surface area (Å²) in [5, 5.41) is 6.65. The van der Waals surface area contributed by atoms with Crippen LogP contribution < -0.4 is 10.6 Å². The lowest BCUT2D eigenvalue weighted by molar-refractivity contribution is -0.134. The summed E-state index contributed by atoms with van der Waals surface area (Å²) in [6.45, 7) is 1.46. The summed E-state index contributed by atoms with van der Waals surface area (Å²) in [5.41, 5.74) is 7.62. The van der Waals surface area contributed by atoms with Gasteiger partial charge in [0.2, 0.25) is 23.7 Å². The summed E-state index contributed by atoms with van der Waals surface area (Å²) in [5.74, 6) is 2.68. The average Bonchev–Trinajstić information content (AvgIpc) is 3.99. The lowest BCUT2D eigenvalue weighted by atomic mass is 9.96. The number of aromatic amines is 1. The van der Waals surface area contributed by atoms with Gasteiger partial charge in [-0.25, -0.2) is 24.9 Å². The number of likely N-dealkylation sites (tertiary alicyclic amines) is 2. The zero-order chi connectivity index (χ0) is 39.0. The van der Waals surface area contributed by atoms with Crippen LogP contribution in [0.2, 0.25) is 0 Å². The van der Waals surface area contributed by atoms with E-state index in [0.717, 1.165) is 104 Å². The molecular formula is C45H47N11O2. The lowest BCUT2D eigenvalue weighted by Crippen LogP contribution is -2.48. The van der Waals surface area contributed by atoms with Gasteiger partial charge in [-0.05, 0) is 103 Å². The van der Waals surface area contributed by atoms with E-state index in [1.165, 1.54) is 5.57 Å². The Morgan fingerprint density at radius 3 is 1.67 bits per heavy atom. The van der Waals surface area contributed by atoms with E-state index in [1.54, 1.807) is 36.9 Å². The Bertz CT molecular complexity index is 2320. The van der Waals surface area contributed by atoms with Crippen LogP contribution in [0, 0.1) is 11.8 Å². The molecule has 13 nitrogen and oxygen atoms in total. The fraction of sp³-hybridized carbons (Fsp3) is 0.378. The number of nitrogens with zero attached hydrogens (tertiary/aromatic N) is 8. The molecule has 2 aromatic carbocycles. The fourth-order valence-corrected chi connectivity index (χ4v) is 8.90. The highest BCUT2D eigenvalue weighted by Gasteiger charge is 2.44. The smallest absolute Gasteiger partial charge is 0.246 e. The number of imidazole rings is 1. The molecule has 10 rings (SSSR count). The van der Waals surface area contributed by atoms with E-state index in [0.29, 0.717) is 30.3 Å². The van der Waals surface area contributed by atoms with Gasteiger partial charge in [0, 0.05) is 56.2 Å². The minimum atomic E-state index is -0.329.